The van der Waals surface area contributed by atoms with Crippen LogP contribution in [0, 0.1) is 0 Å². The number of aromatic amines is 1. The molecule has 0 bridgehead atoms. The van der Waals surface area contributed by atoms with E-state index < -0.39 is 12.1 Å². The molecule has 1 unspecified atom stereocenters. The molecule has 0 amide bonds. The molecular formula is C14H16FNO2. The third-order valence-corrected chi connectivity index (χ3v) is 3.11. The fraction of sp³-hybridized carbons (Fsp3) is 0.357. The van der Waals surface area contributed by atoms with E-state index >= 15 is 0 Å². The van der Waals surface area contributed by atoms with Gasteiger partial charge in [-0.3, -0.25) is 0 Å². The summed E-state index contributed by atoms with van der Waals surface area (Å²) in [6.07, 6.45) is 2.68. The van der Waals surface area contributed by atoms with Gasteiger partial charge in [0.2, 0.25) is 0 Å². The quantitative estimate of drug-likeness (QED) is 0.839. The van der Waals surface area contributed by atoms with Gasteiger partial charge >= 0.3 is 5.97 Å². The maximum atomic E-state index is 13.9. The molecule has 2 N–H and O–H groups in total. The Morgan fingerprint density at radius 1 is 1.50 bits per heavy atom. The first-order chi connectivity index (χ1) is 8.63. The molecule has 18 heavy (non-hydrogen) atoms. The van der Waals surface area contributed by atoms with Gasteiger partial charge in [0, 0.05) is 17.1 Å². The number of carboxylic acid groups (broad SMARTS) is 1. The summed E-state index contributed by atoms with van der Waals surface area (Å²) >= 11 is 0. The molecule has 1 heterocycles. The predicted octanol–water partition coefficient (Wildman–Crippen LogP) is 4.07. The van der Waals surface area contributed by atoms with Gasteiger partial charge in [-0.2, -0.15) is 0 Å². The van der Waals surface area contributed by atoms with Crippen molar-refractivity contribution in [1.29, 1.82) is 0 Å². The Bertz CT molecular complexity index is 562. The molecule has 0 aliphatic heterocycles. The van der Waals surface area contributed by atoms with Crippen LogP contribution < -0.4 is 0 Å². The summed E-state index contributed by atoms with van der Waals surface area (Å²) in [5.74, 6) is -0.998. The van der Waals surface area contributed by atoms with Crippen LogP contribution >= 0.6 is 0 Å². The Morgan fingerprint density at radius 3 is 2.94 bits per heavy atom. The first-order valence-corrected chi connectivity index (χ1v) is 6.12. The summed E-state index contributed by atoms with van der Waals surface area (Å²) in [7, 11) is 0. The van der Waals surface area contributed by atoms with Crippen LogP contribution in [0.1, 0.15) is 48.3 Å². The Balaban J connectivity index is 2.36. The fourth-order valence-corrected chi connectivity index (χ4v) is 2.06. The van der Waals surface area contributed by atoms with Crippen molar-refractivity contribution in [3.8, 4) is 0 Å². The molecule has 0 aliphatic rings. The van der Waals surface area contributed by atoms with Crippen LogP contribution in [0.4, 0.5) is 4.39 Å². The number of rotatable bonds is 5. The van der Waals surface area contributed by atoms with Crippen molar-refractivity contribution in [2.45, 2.75) is 32.4 Å². The van der Waals surface area contributed by atoms with E-state index in [9.17, 15) is 9.18 Å². The summed E-state index contributed by atoms with van der Waals surface area (Å²) in [5, 5.41) is 9.60. The molecule has 2 rings (SSSR count). The molecule has 4 heteroatoms. The van der Waals surface area contributed by atoms with Gasteiger partial charge in [0.15, 0.2) is 0 Å². The highest BCUT2D eigenvalue weighted by Gasteiger charge is 2.14. The Hall–Kier alpha value is -1.84. The minimum atomic E-state index is -1.02. The lowest BCUT2D eigenvalue weighted by Crippen LogP contribution is -1.95. The van der Waals surface area contributed by atoms with Crippen LogP contribution in [0.3, 0.4) is 0 Å². The number of carbonyl (C=O) groups is 1. The number of nitrogens with one attached hydrogen (secondary N) is 1. The number of H-pyrrole nitrogens is 1. The second-order valence-corrected chi connectivity index (χ2v) is 4.42. The Morgan fingerprint density at radius 2 is 2.28 bits per heavy atom. The molecule has 0 spiro atoms. The summed E-state index contributed by atoms with van der Waals surface area (Å²) < 4.78 is 13.9. The average Bonchev–Trinajstić information content (AvgIpc) is 2.78. The van der Waals surface area contributed by atoms with E-state index in [0.29, 0.717) is 17.4 Å². The van der Waals surface area contributed by atoms with Crippen LogP contribution in [-0.4, -0.2) is 16.1 Å². The number of hydrogen-bond acceptors (Lipinski definition) is 1. The van der Waals surface area contributed by atoms with Crippen LogP contribution in [0.2, 0.25) is 0 Å². The lowest BCUT2D eigenvalue weighted by Gasteiger charge is -2.08. The molecule has 1 atom stereocenters. The largest absolute Gasteiger partial charge is 0.478 e. The van der Waals surface area contributed by atoms with E-state index in [-0.39, 0.29) is 5.56 Å². The molecule has 3 nitrogen and oxygen atoms in total. The Kier molecular flexibility index (Phi) is 3.65. The molecule has 0 radical (unpaired) electrons. The number of benzene rings is 1. The zero-order valence-electron chi connectivity index (χ0n) is 10.2. The summed E-state index contributed by atoms with van der Waals surface area (Å²) in [6.45, 7) is 2.02. The molecule has 2 aromatic rings. The molecule has 1 aromatic heterocycles. The number of halogens is 1. The van der Waals surface area contributed by atoms with Crippen LogP contribution in [0.5, 0.6) is 0 Å². The van der Waals surface area contributed by atoms with E-state index in [0.717, 1.165) is 18.4 Å². The summed E-state index contributed by atoms with van der Waals surface area (Å²) in [6, 6.07) is 5.08. The van der Waals surface area contributed by atoms with Crippen LogP contribution in [0.25, 0.3) is 10.9 Å². The van der Waals surface area contributed by atoms with Crippen LogP contribution in [-0.2, 0) is 0 Å². The topological polar surface area (TPSA) is 53.1 Å². The van der Waals surface area contributed by atoms with Crippen molar-refractivity contribution < 1.29 is 14.3 Å². The fourth-order valence-electron chi connectivity index (χ4n) is 2.06. The number of fused-ring (bicyclic) bond motifs is 1. The van der Waals surface area contributed by atoms with Gasteiger partial charge in [-0.1, -0.05) is 25.8 Å². The lowest BCUT2D eigenvalue weighted by atomic mass is 10.0. The van der Waals surface area contributed by atoms with E-state index in [1.807, 2.05) is 6.92 Å². The molecule has 0 saturated heterocycles. The highest BCUT2D eigenvalue weighted by Crippen LogP contribution is 2.28. The number of aromatic carboxylic acids is 1. The first kappa shape index (κ1) is 12.6. The third-order valence-electron chi connectivity index (χ3n) is 3.11. The van der Waals surface area contributed by atoms with Gasteiger partial charge < -0.3 is 10.1 Å². The maximum absolute atomic E-state index is 13.9. The zero-order valence-corrected chi connectivity index (χ0v) is 10.2. The van der Waals surface area contributed by atoms with Gasteiger partial charge in [0.1, 0.15) is 6.17 Å². The van der Waals surface area contributed by atoms with Crippen molar-refractivity contribution in [1.82, 2.24) is 4.98 Å². The standard InChI is InChI=1S/C14H16FNO2/c1-2-3-4-12(15)9-5-6-13-10(7-9)11(8-16-13)14(17)18/h5-8,12,16H,2-4H2,1H3,(H,17,18). The van der Waals surface area contributed by atoms with E-state index in [1.165, 1.54) is 6.20 Å². The maximum Gasteiger partial charge on any atom is 0.337 e. The van der Waals surface area contributed by atoms with Gasteiger partial charge in [-0.25, -0.2) is 9.18 Å². The van der Waals surface area contributed by atoms with Gasteiger partial charge in [0.05, 0.1) is 5.56 Å². The number of unbranched alkanes of at least 4 members (excludes halogenated alkanes) is 1. The number of alkyl halides is 1. The molecular weight excluding hydrogens is 233 g/mol. The van der Waals surface area contributed by atoms with E-state index in [4.69, 9.17) is 5.11 Å². The first-order valence-electron chi connectivity index (χ1n) is 6.12. The second kappa shape index (κ2) is 5.21. The smallest absolute Gasteiger partial charge is 0.337 e. The summed E-state index contributed by atoms with van der Waals surface area (Å²) in [4.78, 5) is 13.9. The number of carboxylic acids is 1. The van der Waals surface area contributed by atoms with Crippen LogP contribution in [0.15, 0.2) is 24.4 Å². The minimum absolute atomic E-state index is 0.189. The molecule has 0 aliphatic carbocycles. The predicted molar refractivity (Wildman–Crippen MR) is 68.6 cm³/mol. The van der Waals surface area contributed by atoms with Gasteiger partial charge in [-0.15, -0.1) is 0 Å². The zero-order chi connectivity index (χ0) is 13.1. The Labute approximate surface area is 105 Å². The molecule has 1 aromatic carbocycles. The summed E-state index contributed by atoms with van der Waals surface area (Å²) in [5.41, 5.74) is 1.46. The van der Waals surface area contributed by atoms with Crippen molar-refractivity contribution in [2.24, 2.45) is 0 Å². The monoisotopic (exact) mass is 249 g/mol. The van der Waals surface area contributed by atoms with Crippen molar-refractivity contribution in [2.75, 3.05) is 0 Å². The number of hydrogen-bond donors (Lipinski definition) is 2. The normalized spacial score (nSPS) is 12.8. The second-order valence-electron chi connectivity index (χ2n) is 4.42. The van der Waals surface area contributed by atoms with Crippen molar-refractivity contribution in [3.63, 3.8) is 0 Å². The molecule has 0 saturated carbocycles. The van der Waals surface area contributed by atoms with Gasteiger partial charge in [-0.05, 0) is 24.1 Å². The highest BCUT2D eigenvalue weighted by molar-refractivity contribution is 6.03. The average molecular weight is 249 g/mol. The van der Waals surface area contributed by atoms with Crippen molar-refractivity contribution in [3.05, 3.63) is 35.5 Å². The van der Waals surface area contributed by atoms with Gasteiger partial charge in [0.25, 0.3) is 0 Å². The lowest BCUT2D eigenvalue weighted by molar-refractivity contribution is 0.0699. The van der Waals surface area contributed by atoms with E-state index in [2.05, 4.69) is 4.98 Å². The molecule has 0 fully saturated rings. The molecule has 96 valence electrons. The van der Waals surface area contributed by atoms with E-state index in [1.54, 1.807) is 18.2 Å². The third kappa shape index (κ3) is 2.37. The highest BCUT2D eigenvalue weighted by atomic mass is 19.1. The van der Waals surface area contributed by atoms with Crippen molar-refractivity contribution >= 4 is 16.9 Å². The number of aromatic nitrogens is 1. The minimum Gasteiger partial charge on any atom is -0.478 e. The SMILES string of the molecule is CCCCC(F)c1ccc2[nH]cc(C(=O)O)c2c1.